The number of fused-ring (bicyclic) bond motifs is 2. The fourth-order valence-corrected chi connectivity index (χ4v) is 2.42. The van der Waals surface area contributed by atoms with Gasteiger partial charge in [0.15, 0.2) is 5.70 Å². The molecule has 1 aliphatic heterocycles. The molecule has 1 N–H and O–H groups in total. The van der Waals surface area contributed by atoms with E-state index in [0.29, 0.717) is 11.3 Å². The van der Waals surface area contributed by atoms with Crippen LogP contribution in [0.3, 0.4) is 0 Å². The van der Waals surface area contributed by atoms with E-state index < -0.39 is 17.6 Å². The van der Waals surface area contributed by atoms with Gasteiger partial charge in [-0.25, -0.2) is 0 Å². The Kier molecular flexibility index (Phi) is 1.71. The van der Waals surface area contributed by atoms with Crippen molar-refractivity contribution in [1.82, 2.24) is 5.32 Å². The van der Waals surface area contributed by atoms with Crippen molar-refractivity contribution in [2.45, 2.75) is 31.0 Å². The molecule has 0 aromatic heterocycles. The average molecular weight is 267 g/mol. The molecule has 1 amide bonds. The van der Waals surface area contributed by atoms with Crippen molar-refractivity contribution in [3.63, 3.8) is 0 Å². The summed E-state index contributed by atoms with van der Waals surface area (Å²) in [4.78, 5) is 11.9. The van der Waals surface area contributed by atoms with Gasteiger partial charge in [0.2, 0.25) is 0 Å². The number of rotatable bonds is 2. The second-order valence-corrected chi connectivity index (χ2v) is 5.17. The lowest BCUT2D eigenvalue weighted by Gasteiger charge is -2.20. The molecule has 0 aromatic rings. The number of nitrogens with zero attached hydrogens (tertiary/aromatic N) is 2. The van der Waals surface area contributed by atoms with Crippen LogP contribution in [0.5, 0.6) is 0 Å². The first-order chi connectivity index (χ1) is 8.91. The Hall–Kier alpha value is -1.92. The largest absolute Gasteiger partial charge is 0.411 e. The Morgan fingerprint density at radius 2 is 2.05 bits per heavy atom. The first-order valence-electron chi connectivity index (χ1n) is 5.91. The summed E-state index contributed by atoms with van der Waals surface area (Å²) in [5.74, 6) is -0.790. The lowest BCUT2D eigenvalue weighted by Crippen LogP contribution is -2.48. The van der Waals surface area contributed by atoms with E-state index in [-0.39, 0.29) is 18.5 Å². The lowest BCUT2D eigenvalue weighted by atomic mass is 10.1. The van der Waals surface area contributed by atoms with Crippen LogP contribution in [0.4, 0.5) is 13.2 Å². The molecule has 0 spiro atoms. The van der Waals surface area contributed by atoms with Crippen molar-refractivity contribution in [3.05, 3.63) is 34.2 Å². The Labute approximate surface area is 105 Å². The minimum atomic E-state index is -4.42. The summed E-state index contributed by atoms with van der Waals surface area (Å²) in [5.41, 5.74) is 1.31. The predicted molar refractivity (Wildman–Crippen MR) is 57.8 cm³/mol. The number of azo groups is 1. The van der Waals surface area contributed by atoms with Gasteiger partial charge in [0.25, 0.3) is 5.91 Å². The van der Waals surface area contributed by atoms with Gasteiger partial charge in [0.05, 0.1) is 5.70 Å². The predicted octanol–water partition coefficient (Wildman–Crippen LogP) is 2.52. The molecule has 4 nitrogen and oxygen atoms in total. The third-order valence-corrected chi connectivity index (χ3v) is 3.86. The Bertz CT molecular complexity index is 648. The van der Waals surface area contributed by atoms with Crippen LogP contribution < -0.4 is 5.32 Å². The summed E-state index contributed by atoms with van der Waals surface area (Å²) in [6.45, 7) is 0. The molecule has 0 saturated heterocycles. The van der Waals surface area contributed by atoms with Crippen LogP contribution in [-0.4, -0.2) is 17.6 Å². The molecule has 19 heavy (non-hydrogen) atoms. The summed E-state index contributed by atoms with van der Waals surface area (Å²) < 4.78 is 38.3. The molecule has 4 aliphatic rings. The Morgan fingerprint density at radius 3 is 2.68 bits per heavy atom. The normalized spacial score (nSPS) is 25.3. The summed E-state index contributed by atoms with van der Waals surface area (Å²) in [7, 11) is 0. The van der Waals surface area contributed by atoms with E-state index in [4.69, 9.17) is 0 Å². The van der Waals surface area contributed by atoms with E-state index in [1.165, 1.54) is 0 Å². The quantitative estimate of drug-likeness (QED) is 0.821. The molecule has 2 saturated carbocycles. The second-order valence-electron chi connectivity index (χ2n) is 5.17. The first kappa shape index (κ1) is 11.0. The van der Waals surface area contributed by atoms with Gasteiger partial charge in [0.1, 0.15) is 5.54 Å². The fourth-order valence-electron chi connectivity index (χ4n) is 2.42. The highest BCUT2D eigenvalue weighted by Gasteiger charge is 2.64. The molecule has 98 valence electrons. The molecule has 4 rings (SSSR count). The SMILES string of the molecule is O=C(NC1(C(F)(F)F)CC1)C1=C2C=C3CC3=C2N=N1. The average Bonchev–Trinajstić information content (AvgIpc) is 3.18. The maximum Gasteiger partial charge on any atom is 0.411 e. The summed E-state index contributed by atoms with van der Waals surface area (Å²) in [6, 6.07) is 0. The number of halogens is 3. The maximum absolute atomic E-state index is 12.8. The van der Waals surface area contributed by atoms with Crippen LogP contribution in [0, 0.1) is 0 Å². The minimum absolute atomic E-state index is 0.00211. The van der Waals surface area contributed by atoms with Gasteiger partial charge in [-0.15, -0.1) is 10.2 Å². The van der Waals surface area contributed by atoms with Crippen LogP contribution in [0.2, 0.25) is 0 Å². The zero-order chi connectivity index (χ0) is 13.4. The van der Waals surface area contributed by atoms with Gasteiger partial charge in [-0.05, 0) is 30.1 Å². The van der Waals surface area contributed by atoms with Crippen LogP contribution in [-0.2, 0) is 4.79 Å². The molecular weight excluding hydrogens is 259 g/mol. The number of alkyl halides is 3. The highest BCUT2D eigenvalue weighted by molar-refractivity contribution is 5.97. The molecule has 3 aliphatic carbocycles. The Balaban J connectivity index is 1.61. The van der Waals surface area contributed by atoms with Gasteiger partial charge in [0, 0.05) is 12.0 Å². The number of amides is 1. The molecule has 0 aromatic carbocycles. The zero-order valence-corrected chi connectivity index (χ0v) is 9.64. The van der Waals surface area contributed by atoms with E-state index in [1.54, 1.807) is 6.08 Å². The van der Waals surface area contributed by atoms with Crippen LogP contribution in [0.15, 0.2) is 44.4 Å². The van der Waals surface area contributed by atoms with Gasteiger partial charge in [-0.2, -0.15) is 13.2 Å². The van der Waals surface area contributed by atoms with Gasteiger partial charge >= 0.3 is 6.18 Å². The van der Waals surface area contributed by atoms with Crippen LogP contribution in [0.1, 0.15) is 19.3 Å². The van der Waals surface area contributed by atoms with Crippen molar-refractivity contribution in [2.24, 2.45) is 10.2 Å². The third kappa shape index (κ3) is 1.38. The summed E-state index contributed by atoms with van der Waals surface area (Å²) in [5, 5.41) is 9.65. The number of allylic oxidation sites excluding steroid dienone is 3. The number of hydrogen-bond acceptors (Lipinski definition) is 3. The fraction of sp³-hybridized carbons (Fsp3) is 0.417. The molecule has 2 fully saturated rings. The number of nitrogens with one attached hydrogen (secondary N) is 1. The van der Waals surface area contributed by atoms with E-state index in [1.807, 2.05) is 0 Å². The second kappa shape index (κ2) is 2.97. The molecule has 1 heterocycles. The van der Waals surface area contributed by atoms with Crippen molar-refractivity contribution in [1.29, 1.82) is 0 Å². The monoisotopic (exact) mass is 267 g/mol. The van der Waals surface area contributed by atoms with E-state index >= 15 is 0 Å². The van der Waals surface area contributed by atoms with Crippen LogP contribution in [0.25, 0.3) is 0 Å². The summed E-state index contributed by atoms with van der Waals surface area (Å²) in [6.07, 6.45) is -1.93. The zero-order valence-electron chi connectivity index (χ0n) is 9.64. The first-order valence-corrected chi connectivity index (χ1v) is 5.91. The number of hydrogen-bond donors (Lipinski definition) is 1. The van der Waals surface area contributed by atoms with Crippen molar-refractivity contribution in [2.75, 3.05) is 0 Å². The maximum atomic E-state index is 12.8. The molecule has 0 bridgehead atoms. The van der Waals surface area contributed by atoms with Gasteiger partial charge in [-0.3, -0.25) is 4.79 Å². The standard InChI is InChI=1S/C12H8F3N3O/c13-12(14,15)11(1-2-11)16-10(19)9-7-4-5-3-6(5)8(7)17-18-9/h4H,1-3H2,(H,16,19). The molecule has 7 heteroatoms. The number of carbonyl (C=O) groups is 1. The van der Waals surface area contributed by atoms with Crippen molar-refractivity contribution >= 4 is 5.91 Å². The number of carbonyl (C=O) groups excluding carboxylic acids is 1. The topological polar surface area (TPSA) is 53.8 Å². The Morgan fingerprint density at radius 1 is 1.32 bits per heavy atom. The highest BCUT2D eigenvalue weighted by atomic mass is 19.4. The lowest BCUT2D eigenvalue weighted by molar-refractivity contribution is -0.169. The van der Waals surface area contributed by atoms with E-state index in [2.05, 4.69) is 15.5 Å². The minimum Gasteiger partial charge on any atom is -0.336 e. The molecule has 0 unspecified atom stereocenters. The summed E-state index contributed by atoms with van der Waals surface area (Å²) >= 11 is 0. The smallest absolute Gasteiger partial charge is 0.336 e. The van der Waals surface area contributed by atoms with E-state index in [0.717, 1.165) is 17.6 Å². The van der Waals surface area contributed by atoms with E-state index in [9.17, 15) is 18.0 Å². The van der Waals surface area contributed by atoms with Crippen molar-refractivity contribution < 1.29 is 18.0 Å². The third-order valence-electron chi connectivity index (χ3n) is 3.86. The van der Waals surface area contributed by atoms with Crippen molar-refractivity contribution in [3.8, 4) is 0 Å². The van der Waals surface area contributed by atoms with Crippen LogP contribution >= 0.6 is 0 Å². The molecule has 0 atom stereocenters. The highest BCUT2D eigenvalue weighted by Crippen LogP contribution is 2.52. The van der Waals surface area contributed by atoms with Gasteiger partial charge < -0.3 is 5.32 Å². The van der Waals surface area contributed by atoms with Gasteiger partial charge in [-0.1, -0.05) is 0 Å². The molecule has 0 radical (unpaired) electrons. The molecular formula is C12H8F3N3O.